The van der Waals surface area contributed by atoms with Crippen LogP contribution < -0.4 is 11.1 Å². The number of hydrogen-bond donors (Lipinski definition) is 2. The molecule has 0 aromatic rings. The molecule has 0 bridgehead atoms. The molecule has 90 valence electrons. The average molecular weight is 234 g/mol. The number of hydrogen-bond acceptors (Lipinski definition) is 3. The van der Waals surface area contributed by atoms with Gasteiger partial charge in [-0.05, 0) is 13.3 Å². The van der Waals surface area contributed by atoms with E-state index in [-0.39, 0.29) is 5.91 Å². The number of carbonyl (C=O) groups excluding carboxylic acids is 1. The highest BCUT2D eigenvalue weighted by Crippen LogP contribution is 2.18. The Labute approximate surface area is 94.4 Å². The van der Waals surface area contributed by atoms with E-state index in [1.54, 1.807) is 0 Å². The minimum absolute atomic E-state index is 0.0411. The van der Waals surface area contributed by atoms with Gasteiger partial charge in [0.25, 0.3) is 0 Å². The van der Waals surface area contributed by atoms with E-state index in [2.05, 4.69) is 5.32 Å². The fourth-order valence-corrected chi connectivity index (χ4v) is 1.65. The SMILES string of the molecule is CCS(=O)CCNC(=O)C(C)(CC)CN. The number of carbonyl (C=O) groups is 1. The smallest absolute Gasteiger partial charge is 0.227 e. The van der Waals surface area contributed by atoms with E-state index in [4.69, 9.17) is 5.73 Å². The summed E-state index contributed by atoms with van der Waals surface area (Å²) in [5, 5.41) is 2.78. The molecule has 0 heterocycles. The molecule has 2 atom stereocenters. The quantitative estimate of drug-likeness (QED) is 0.663. The van der Waals surface area contributed by atoms with Crippen LogP contribution in [0.5, 0.6) is 0 Å². The van der Waals surface area contributed by atoms with Crippen molar-refractivity contribution in [1.82, 2.24) is 5.32 Å². The zero-order valence-corrected chi connectivity index (χ0v) is 10.7. The van der Waals surface area contributed by atoms with Crippen LogP contribution in [0.2, 0.25) is 0 Å². The third-order valence-corrected chi connectivity index (χ3v) is 4.02. The van der Waals surface area contributed by atoms with Crippen molar-refractivity contribution in [2.45, 2.75) is 27.2 Å². The first-order valence-electron chi connectivity index (χ1n) is 5.33. The van der Waals surface area contributed by atoms with Gasteiger partial charge in [0, 0.05) is 35.4 Å². The highest BCUT2D eigenvalue weighted by Gasteiger charge is 2.29. The monoisotopic (exact) mass is 234 g/mol. The fourth-order valence-electron chi connectivity index (χ4n) is 1.03. The molecule has 0 spiro atoms. The summed E-state index contributed by atoms with van der Waals surface area (Å²) in [5.41, 5.74) is 5.06. The summed E-state index contributed by atoms with van der Waals surface area (Å²) in [6, 6.07) is 0. The van der Waals surface area contributed by atoms with E-state index in [9.17, 15) is 9.00 Å². The summed E-state index contributed by atoms with van der Waals surface area (Å²) < 4.78 is 11.1. The van der Waals surface area contributed by atoms with Gasteiger partial charge in [-0.3, -0.25) is 9.00 Å². The first-order chi connectivity index (χ1) is 7.00. The maximum absolute atomic E-state index is 11.7. The molecule has 0 radical (unpaired) electrons. The highest BCUT2D eigenvalue weighted by atomic mass is 32.2. The summed E-state index contributed by atoms with van der Waals surface area (Å²) in [6.45, 7) is 6.46. The van der Waals surface area contributed by atoms with Gasteiger partial charge in [0.1, 0.15) is 0 Å². The minimum atomic E-state index is -0.820. The second-order valence-corrected chi connectivity index (χ2v) is 5.67. The molecule has 0 saturated heterocycles. The van der Waals surface area contributed by atoms with E-state index < -0.39 is 16.2 Å². The molecule has 1 amide bonds. The lowest BCUT2D eigenvalue weighted by atomic mass is 9.87. The predicted molar refractivity (Wildman–Crippen MR) is 64.0 cm³/mol. The van der Waals surface area contributed by atoms with Crippen LogP contribution in [0.25, 0.3) is 0 Å². The molecule has 0 aliphatic carbocycles. The van der Waals surface area contributed by atoms with Gasteiger partial charge < -0.3 is 11.1 Å². The molecule has 0 fully saturated rings. The third kappa shape index (κ3) is 4.75. The summed E-state index contributed by atoms with van der Waals surface area (Å²) in [4.78, 5) is 11.7. The number of nitrogens with two attached hydrogens (primary N) is 1. The van der Waals surface area contributed by atoms with Crippen molar-refractivity contribution in [2.24, 2.45) is 11.1 Å². The van der Waals surface area contributed by atoms with Crippen molar-refractivity contribution in [3.05, 3.63) is 0 Å². The molecule has 0 saturated carbocycles. The third-order valence-electron chi connectivity index (χ3n) is 2.72. The number of amides is 1. The molecule has 0 aromatic heterocycles. The molecule has 3 N–H and O–H groups in total. The van der Waals surface area contributed by atoms with Crippen LogP contribution in [-0.4, -0.2) is 34.7 Å². The van der Waals surface area contributed by atoms with E-state index in [0.29, 0.717) is 31.0 Å². The Hall–Kier alpha value is -0.420. The summed E-state index contributed by atoms with van der Waals surface area (Å²) >= 11 is 0. The van der Waals surface area contributed by atoms with Crippen LogP contribution in [0.1, 0.15) is 27.2 Å². The van der Waals surface area contributed by atoms with Crippen LogP contribution >= 0.6 is 0 Å². The Balaban J connectivity index is 3.98. The van der Waals surface area contributed by atoms with E-state index in [1.807, 2.05) is 20.8 Å². The van der Waals surface area contributed by atoms with Crippen LogP contribution in [0.4, 0.5) is 0 Å². The van der Waals surface area contributed by atoms with Crippen molar-refractivity contribution in [1.29, 1.82) is 0 Å². The molecule has 15 heavy (non-hydrogen) atoms. The van der Waals surface area contributed by atoms with Gasteiger partial charge in [0.2, 0.25) is 5.91 Å². The van der Waals surface area contributed by atoms with Crippen molar-refractivity contribution in [3.63, 3.8) is 0 Å². The van der Waals surface area contributed by atoms with Crippen molar-refractivity contribution in [3.8, 4) is 0 Å². The molecular weight excluding hydrogens is 212 g/mol. The first-order valence-corrected chi connectivity index (χ1v) is 6.82. The van der Waals surface area contributed by atoms with Crippen molar-refractivity contribution in [2.75, 3.05) is 24.6 Å². The topological polar surface area (TPSA) is 72.2 Å². The number of rotatable bonds is 7. The van der Waals surface area contributed by atoms with Crippen LogP contribution in [0, 0.1) is 5.41 Å². The van der Waals surface area contributed by atoms with E-state index >= 15 is 0 Å². The average Bonchev–Trinajstić information content (AvgIpc) is 2.27. The lowest BCUT2D eigenvalue weighted by Crippen LogP contribution is -2.44. The Kier molecular flexibility index (Phi) is 6.76. The van der Waals surface area contributed by atoms with Gasteiger partial charge in [0.15, 0.2) is 0 Å². The second kappa shape index (κ2) is 6.95. The lowest BCUT2D eigenvalue weighted by molar-refractivity contribution is -0.129. The van der Waals surface area contributed by atoms with Crippen LogP contribution in [-0.2, 0) is 15.6 Å². The Bertz CT molecular complexity index is 227. The van der Waals surface area contributed by atoms with Crippen molar-refractivity contribution < 1.29 is 9.00 Å². The summed E-state index contributed by atoms with van der Waals surface area (Å²) in [7, 11) is -0.820. The Morgan fingerprint density at radius 1 is 1.47 bits per heavy atom. The van der Waals surface area contributed by atoms with Crippen LogP contribution in [0.3, 0.4) is 0 Å². The Morgan fingerprint density at radius 3 is 2.47 bits per heavy atom. The maximum atomic E-state index is 11.7. The lowest BCUT2D eigenvalue weighted by Gasteiger charge is -2.24. The zero-order chi connectivity index (χ0) is 11.9. The van der Waals surface area contributed by atoms with Gasteiger partial charge in [-0.15, -0.1) is 0 Å². The first kappa shape index (κ1) is 14.6. The predicted octanol–water partition coefficient (Wildman–Crippen LogP) is 0.246. The van der Waals surface area contributed by atoms with Gasteiger partial charge in [-0.1, -0.05) is 13.8 Å². The molecule has 0 aromatic carbocycles. The van der Waals surface area contributed by atoms with Gasteiger partial charge in [0.05, 0.1) is 5.41 Å². The molecule has 0 aliphatic heterocycles. The molecule has 0 rings (SSSR count). The number of nitrogens with one attached hydrogen (secondary N) is 1. The normalized spacial score (nSPS) is 16.8. The highest BCUT2D eigenvalue weighted by molar-refractivity contribution is 7.84. The van der Waals surface area contributed by atoms with E-state index in [1.165, 1.54) is 0 Å². The molecular formula is C10H22N2O2S. The summed E-state index contributed by atoms with van der Waals surface area (Å²) in [5.74, 6) is 1.12. The standard InChI is InChI=1S/C10H22N2O2S/c1-4-10(3,8-11)9(13)12-6-7-15(14)5-2/h4-8,11H2,1-3H3,(H,12,13). The molecule has 5 heteroatoms. The molecule has 4 nitrogen and oxygen atoms in total. The summed E-state index contributed by atoms with van der Waals surface area (Å²) in [6.07, 6.45) is 0.714. The van der Waals surface area contributed by atoms with E-state index in [0.717, 1.165) is 0 Å². The second-order valence-electron chi connectivity index (χ2n) is 3.81. The van der Waals surface area contributed by atoms with Gasteiger partial charge >= 0.3 is 0 Å². The largest absolute Gasteiger partial charge is 0.355 e. The van der Waals surface area contributed by atoms with Gasteiger partial charge in [-0.2, -0.15) is 0 Å². The van der Waals surface area contributed by atoms with Crippen LogP contribution in [0.15, 0.2) is 0 Å². The Morgan fingerprint density at radius 2 is 2.07 bits per heavy atom. The zero-order valence-electron chi connectivity index (χ0n) is 9.84. The minimum Gasteiger partial charge on any atom is -0.355 e. The molecule has 2 unspecified atom stereocenters. The van der Waals surface area contributed by atoms with Gasteiger partial charge in [-0.25, -0.2) is 0 Å². The molecule has 0 aliphatic rings. The van der Waals surface area contributed by atoms with Crippen molar-refractivity contribution >= 4 is 16.7 Å². The maximum Gasteiger partial charge on any atom is 0.227 e. The fraction of sp³-hybridized carbons (Fsp3) is 0.900.